The number of benzene rings is 1. The molecule has 0 saturated heterocycles. The van der Waals surface area contributed by atoms with Crippen molar-refractivity contribution in [3.63, 3.8) is 0 Å². The second-order valence-electron chi connectivity index (χ2n) is 7.22. The van der Waals surface area contributed by atoms with Crippen molar-refractivity contribution < 1.29 is 14.3 Å². The first-order valence-electron chi connectivity index (χ1n) is 10.5. The molecule has 0 radical (unpaired) electrons. The van der Waals surface area contributed by atoms with E-state index in [0.717, 1.165) is 38.5 Å². The third kappa shape index (κ3) is 8.84. The Balaban J connectivity index is 2.71. The molecule has 26 heavy (non-hydrogen) atoms. The molecule has 1 aromatic carbocycles. The summed E-state index contributed by atoms with van der Waals surface area (Å²) in [5.74, 6) is -0.212. The zero-order chi connectivity index (χ0) is 19.2. The number of aryl methyl sites for hydroxylation is 2. The molecule has 0 aliphatic carbocycles. The van der Waals surface area contributed by atoms with Gasteiger partial charge in [0.2, 0.25) is 0 Å². The number of ether oxygens (including phenoxy) is 2. The SMILES string of the molecule is CCCCCCCC(COC)OC(=O)c1cc(CCC)cc(CCC)c1. The van der Waals surface area contributed by atoms with E-state index in [1.807, 2.05) is 12.1 Å². The number of hydrogen-bond acceptors (Lipinski definition) is 3. The van der Waals surface area contributed by atoms with Crippen molar-refractivity contribution in [3.8, 4) is 0 Å². The minimum Gasteiger partial charge on any atom is -0.456 e. The van der Waals surface area contributed by atoms with Crippen molar-refractivity contribution in [2.75, 3.05) is 13.7 Å². The molecule has 1 unspecified atom stereocenters. The van der Waals surface area contributed by atoms with Crippen LogP contribution in [-0.2, 0) is 22.3 Å². The molecule has 3 nitrogen and oxygen atoms in total. The van der Waals surface area contributed by atoms with Gasteiger partial charge in [-0.1, -0.05) is 65.4 Å². The molecule has 0 bridgehead atoms. The summed E-state index contributed by atoms with van der Waals surface area (Å²) in [4.78, 5) is 12.7. The van der Waals surface area contributed by atoms with Crippen LogP contribution in [0, 0.1) is 0 Å². The second kappa shape index (κ2) is 13.8. The van der Waals surface area contributed by atoms with E-state index in [0.29, 0.717) is 12.2 Å². The Bertz CT molecular complexity index is 486. The fourth-order valence-corrected chi connectivity index (χ4v) is 3.30. The first-order valence-corrected chi connectivity index (χ1v) is 10.5. The maximum atomic E-state index is 12.7. The van der Waals surface area contributed by atoms with Gasteiger partial charge in [-0.25, -0.2) is 4.79 Å². The molecule has 0 N–H and O–H groups in total. The Morgan fingerprint density at radius 3 is 2.04 bits per heavy atom. The van der Waals surface area contributed by atoms with Gasteiger partial charge in [0, 0.05) is 7.11 Å². The molecule has 0 aliphatic rings. The molecule has 0 aliphatic heterocycles. The Morgan fingerprint density at radius 2 is 1.50 bits per heavy atom. The van der Waals surface area contributed by atoms with Crippen LogP contribution in [-0.4, -0.2) is 25.8 Å². The van der Waals surface area contributed by atoms with Crippen LogP contribution in [0.25, 0.3) is 0 Å². The first-order chi connectivity index (χ1) is 12.6. The third-order valence-electron chi connectivity index (χ3n) is 4.62. The molecule has 148 valence electrons. The molecule has 0 saturated carbocycles. The molecule has 0 heterocycles. The fraction of sp³-hybridized carbons (Fsp3) is 0.696. The highest BCUT2D eigenvalue weighted by atomic mass is 16.6. The summed E-state index contributed by atoms with van der Waals surface area (Å²) >= 11 is 0. The van der Waals surface area contributed by atoms with E-state index in [9.17, 15) is 4.79 Å². The van der Waals surface area contributed by atoms with Crippen LogP contribution < -0.4 is 0 Å². The number of rotatable bonds is 14. The van der Waals surface area contributed by atoms with Crippen molar-refractivity contribution in [3.05, 3.63) is 34.9 Å². The number of carbonyl (C=O) groups excluding carboxylic acids is 1. The summed E-state index contributed by atoms with van der Waals surface area (Å²) in [5.41, 5.74) is 3.15. The summed E-state index contributed by atoms with van der Waals surface area (Å²) in [6, 6.07) is 6.22. The van der Waals surface area contributed by atoms with Gasteiger partial charge in [-0.15, -0.1) is 0 Å². The minimum atomic E-state index is -0.212. The number of hydrogen-bond donors (Lipinski definition) is 0. The van der Waals surface area contributed by atoms with E-state index < -0.39 is 0 Å². The summed E-state index contributed by atoms with van der Waals surface area (Å²) in [5, 5.41) is 0. The zero-order valence-electron chi connectivity index (χ0n) is 17.3. The lowest BCUT2D eigenvalue weighted by atomic mass is 10.00. The van der Waals surface area contributed by atoms with Crippen LogP contribution in [0.4, 0.5) is 0 Å². The number of methoxy groups -OCH3 is 1. The highest BCUT2D eigenvalue weighted by Gasteiger charge is 2.17. The third-order valence-corrected chi connectivity index (χ3v) is 4.62. The highest BCUT2D eigenvalue weighted by molar-refractivity contribution is 5.90. The lowest BCUT2D eigenvalue weighted by Crippen LogP contribution is -2.23. The van der Waals surface area contributed by atoms with Crippen molar-refractivity contribution in [2.24, 2.45) is 0 Å². The molecule has 1 rings (SSSR count). The van der Waals surface area contributed by atoms with Crippen LogP contribution in [0.2, 0.25) is 0 Å². The van der Waals surface area contributed by atoms with Crippen molar-refractivity contribution in [1.29, 1.82) is 0 Å². The molecule has 3 heteroatoms. The standard InChI is InChI=1S/C23H38O3/c1-5-8-9-10-11-14-22(18-25-4)26-23(24)21-16-19(12-6-2)15-20(17-21)13-7-3/h15-17,22H,5-14,18H2,1-4H3. The van der Waals surface area contributed by atoms with Crippen molar-refractivity contribution in [2.45, 2.75) is 91.1 Å². The zero-order valence-corrected chi connectivity index (χ0v) is 17.3. The van der Waals surface area contributed by atoms with Gasteiger partial charge < -0.3 is 9.47 Å². The van der Waals surface area contributed by atoms with Crippen LogP contribution in [0.1, 0.15) is 93.6 Å². The second-order valence-corrected chi connectivity index (χ2v) is 7.22. The highest BCUT2D eigenvalue weighted by Crippen LogP contribution is 2.17. The topological polar surface area (TPSA) is 35.5 Å². The van der Waals surface area contributed by atoms with Gasteiger partial charge in [0.05, 0.1) is 12.2 Å². The van der Waals surface area contributed by atoms with E-state index >= 15 is 0 Å². The predicted molar refractivity (Wildman–Crippen MR) is 109 cm³/mol. The molecule has 0 spiro atoms. The van der Waals surface area contributed by atoms with Crippen LogP contribution >= 0.6 is 0 Å². The number of unbranched alkanes of at least 4 members (excludes halogenated alkanes) is 4. The van der Waals surface area contributed by atoms with Gasteiger partial charge in [-0.05, 0) is 48.9 Å². The summed E-state index contributed by atoms with van der Waals surface area (Å²) in [6.07, 6.45) is 10.9. The molecule has 0 aromatic heterocycles. The average molecular weight is 363 g/mol. The largest absolute Gasteiger partial charge is 0.456 e. The van der Waals surface area contributed by atoms with Crippen LogP contribution in [0.15, 0.2) is 18.2 Å². The number of esters is 1. The average Bonchev–Trinajstić information content (AvgIpc) is 2.62. The maximum Gasteiger partial charge on any atom is 0.338 e. The minimum absolute atomic E-state index is 0.154. The Hall–Kier alpha value is -1.35. The molecule has 0 amide bonds. The van der Waals surface area contributed by atoms with E-state index in [1.54, 1.807) is 7.11 Å². The maximum absolute atomic E-state index is 12.7. The normalized spacial score (nSPS) is 12.2. The lowest BCUT2D eigenvalue weighted by Gasteiger charge is -2.18. The van der Waals surface area contributed by atoms with Gasteiger partial charge in [-0.3, -0.25) is 0 Å². The van der Waals surface area contributed by atoms with Crippen LogP contribution in [0.5, 0.6) is 0 Å². The van der Waals surface area contributed by atoms with E-state index in [-0.39, 0.29) is 12.1 Å². The van der Waals surface area contributed by atoms with E-state index in [1.165, 1.54) is 36.8 Å². The van der Waals surface area contributed by atoms with E-state index in [2.05, 4.69) is 26.8 Å². The summed E-state index contributed by atoms with van der Waals surface area (Å²) in [7, 11) is 1.67. The first kappa shape index (κ1) is 22.7. The molecular formula is C23H38O3. The van der Waals surface area contributed by atoms with Gasteiger partial charge in [0.1, 0.15) is 6.10 Å². The fourth-order valence-electron chi connectivity index (χ4n) is 3.30. The molecule has 0 fully saturated rings. The van der Waals surface area contributed by atoms with Gasteiger partial charge in [-0.2, -0.15) is 0 Å². The van der Waals surface area contributed by atoms with Crippen molar-refractivity contribution >= 4 is 5.97 Å². The molecule has 1 aromatic rings. The monoisotopic (exact) mass is 362 g/mol. The van der Waals surface area contributed by atoms with Gasteiger partial charge in [0.25, 0.3) is 0 Å². The predicted octanol–water partition coefficient (Wildman–Crippen LogP) is 6.12. The van der Waals surface area contributed by atoms with Crippen molar-refractivity contribution in [1.82, 2.24) is 0 Å². The smallest absolute Gasteiger partial charge is 0.338 e. The van der Waals surface area contributed by atoms with Crippen LogP contribution in [0.3, 0.4) is 0 Å². The van der Waals surface area contributed by atoms with E-state index in [4.69, 9.17) is 9.47 Å². The molecule has 1 atom stereocenters. The Labute approximate surface area is 160 Å². The number of carbonyl (C=O) groups is 1. The summed E-state index contributed by atoms with van der Waals surface area (Å²) < 4.78 is 11.1. The Kier molecular flexibility index (Phi) is 12.0. The lowest BCUT2D eigenvalue weighted by molar-refractivity contribution is 0.00235. The van der Waals surface area contributed by atoms with Gasteiger partial charge in [0.15, 0.2) is 0 Å². The summed E-state index contributed by atoms with van der Waals surface area (Å²) in [6.45, 7) is 7.01. The molecular weight excluding hydrogens is 324 g/mol. The Morgan fingerprint density at radius 1 is 0.885 bits per heavy atom. The quantitative estimate of drug-likeness (QED) is 0.295. The van der Waals surface area contributed by atoms with Gasteiger partial charge >= 0.3 is 5.97 Å².